The summed E-state index contributed by atoms with van der Waals surface area (Å²) < 4.78 is 11.9. The third-order valence-corrected chi connectivity index (χ3v) is 5.32. The molecule has 1 heterocycles. The monoisotopic (exact) mass is 417 g/mol. The van der Waals surface area contributed by atoms with Gasteiger partial charge in [-0.15, -0.1) is 0 Å². The van der Waals surface area contributed by atoms with Crippen molar-refractivity contribution >= 4 is 17.9 Å². The molecule has 5 heteroatoms. The Balaban J connectivity index is 1.81. The Hall–Kier alpha value is -3.37. The number of benzene rings is 3. The van der Waals surface area contributed by atoms with Gasteiger partial charge >= 0.3 is 0 Å². The van der Waals surface area contributed by atoms with E-state index in [1.807, 2.05) is 74.5 Å². The van der Waals surface area contributed by atoms with Crippen LogP contribution < -0.4 is 4.74 Å². The highest BCUT2D eigenvalue weighted by Crippen LogP contribution is 2.41. The summed E-state index contributed by atoms with van der Waals surface area (Å²) in [5.41, 5.74) is 5.64. The number of hydrogen-bond donors (Lipinski definition) is 0. The number of carbonyl (C=O) groups excluding carboxylic acids is 1. The maximum absolute atomic E-state index is 11.2. The molecule has 0 unspecified atom stereocenters. The lowest BCUT2D eigenvalue weighted by Gasteiger charge is -2.13. The van der Waals surface area contributed by atoms with Crippen LogP contribution >= 0.6 is 11.6 Å². The first kappa shape index (κ1) is 19.9. The second kappa shape index (κ2) is 8.56. The van der Waals surface area contributed by atoms with Crippen molar-refractivity contribution in [1.82, 2.24) is 5.16 Å². The molecule has 4 rings (SSSR count). The average molecular weight is 418 g/mol. The fourth-order valence-corrected chi connectivity index (χ4v) is 3.51. The lowest BCUT2D eigenvalue weighted by atomic mass is 9.97. The molecule has 0 aliphatic heterocycles. The van der Waals surface area contributed by atoms with Crippen LogP contribution in [-0.4, -0.2) is 11.4 Å². The van der Waals surface area contributed by atoms with E-state index in [2.05, 4.69) is 5.16 Å². The number of nitrogens with zero attached hydrogens (tertiary/aromatic N) is 1. The van der Waals surface area contributed by atoms with Crippen LogP contribution in [-0.2, 0) is 6.61 Å². The summed E-state index contributed by atoms with van der Waals surface area (Å²) in [5, 5.41) is 4.78. The molecule has 0 radical (unpaired) electrons. The first-order valence-corrected chi connectivity index (χ1v) is 9.93. The molecule has 0 amide bonds. The Bertz CT molecular complexity index is 1200. The molecular weight excluding hydrogens is 398 g/mol. The first-order valence-electron chi connectivity index (χ1n) is 9.56. The zero-order valence-corrected chi connectivity index (χ0v) is 17.4. The van der Waals surface area contributed by atoms with Crippen LogP contribution in [0.2, 0.25) is 5.02 Å². The Morgan fingerprint density at radius 1 is 1.03 bits per heavy atom. The molecular formula is C25H20ClNO3. The van der Waals surface area contributed by atoms with Gasteiger partial charge in [0, 0.05) is 10.6 Å². The van der Waals surface area contributed by atoms with E-state index in [9.17, 15) is 4.79 Å². The molecule has 150 valence electrons. The minimum Gasteiger partial charge on any atom is -0.488 e. The summed E-state index contributed by atoms with van der Waals surface area (Å²) in [7, 11) is 0. The normalized spacial score (nSPS) is 10.8. The number of hydrogen-bond acceptors (Lipinski definition) is 4. The van der Waals surface area contributed by atoms with Crippen molar-refractivity contribution in [3.63, 3.8) is 0 Å². The number of halogens is 1. The molecule has 1 aromatic heterocycles. The molecule has 3 aromatic carbocycles. The third kappa shape index (κ3) is 4.00. The molecule has 30 heavy (non-hydrogen) atoms. The van der Waals surface area contributed by atoms with Gasteiger partial charge in [0.25, 0.3) is 0 Å². The zero-order valence-electron chi connectivity index (χ0n) is 16.7. The van der Waals surface area contributed by atoms with Gasteiger partial charge in [-0.25, -0.2) is 0 Å². The quantitative estimate of drug-likeness (QED) is 0.329. The van der Waals surface area contributed by atoms with Gasteiger partial charge in [-0.05, 0) is 48.7 Å². The van der Waals surface area contributed by atoms with Crippen LogP contribution in [0.4, 0.5) is 0 Å². The van der Waals surface area contributed by atoms with Crippen LogP contribution in [0.3, 0.4) is 0 Å². The van der Waals surface area contributed by atoms with Crippen LogP contribution in [0.5, 0.6) is 5.75 Å². The fourth-order valence-electron chi connectivity index (χ4n) is 3.35. The largest absolute Gasteiger partial charge is 0.488 e. The highest BCUT2D eigenvalue weighted by Gasteiger charge is 2.22. The number of ether oxygens (including phenoxy) is 1. The molecule has 4 nitrogen and oxygen atoms in total. The van der Waals surface area contributed by atoms with E-state index in [1.165, 1.54) is 0 Å². The Morgan fingerprint density at radius 3 is 2.60 bits per heavy atom. The summed E-state index contributed by atoms with van der Waals surface area (Å²) in [4.78, 5) is 11.2. The molecule has 0 aliphatic rings. The first-order chi connectivity index (χ1) is 14.6. The van der Waals surface area contributed by atoms with E-state index < -0.39 is 0 Å². The van der Waals surface area contributed by atoms with Crippen LogP contribution in [0, 0.1) is 13.8 Å². The van der Waals surface area contributed by atoms with E-state index in [1.54, 1.807) is 6.07 Å². The van der Waals surface area contributed by atoms with Crippen LogP contribution in [0.25, 0.3) is 22.5 Å². The number of aromatic nitrogens is 1. The fraction of sp³-hybridized carbons (Fsp3) is 0.120. The summed E-state index contributed by atoms with van der Waals surface area (Å²) in [5.74, 6) is 1.21. The van der Waals surface area contributed by atoms with Crippen molar-refractivity contribution in [2.45, 2.75) is 20.5 Å². The molecule has 0 fully saturated rings. The molecule has 0 saturated carbocycles. The van der Waals surface area contributed by atoms with Crippen molar-refractivity contribution in [3.8, 4) is 28.2 Å². The SMILES string of the molecule is Cc1cc(OCc2ccccc2)c(-c2onc(C)c2-c2cccc(C=O)c2)cc1Cl. The molecule has 0 bridgehead atoms. The lowest BCUT2D eigenvalue weighted by molar-refractivity contribution is 0.112. The molecule has 0 aliphatic carbocycles. The van der Waals surface area contributed by atoms with E-state index >= 15 is 0 Å². The minimum atomic E-state index is 0.415. The summed E-state index contributed by atoms with van der Waals surface area (Å²) in [6, 6.07) is 21.0. The minimum absolute atomic E-state index is 0.415. The summed E-state index contributed by atoms with van der Waals surface area (Å²) in [6.07, 6.45) is 0.823. The second-order valence-electron chi connectivity index (χ2n) is 7.09. The lowest BCUT2D eigenvalue weighted by Crippen LogP contribution is -1.98. The average Bonchev–Trinajstić information content (AvgIpc) is 3.16. The van der Waals surface area contributed by atoms with Crippen molar-refractivity contribution < 1.29 is 14.1 Å². The predicted molar refractivity (Wildman–Crippen MR) is 118 cm³/mol. The van der Waals surface area contributed by atoms with E-state index in [0.717, 1.165) is 34.2 Å². The topological polar surface area (TPSA) is 52.3 Å². The van der Waals surface area contributed by atoms with Crippen LogP contribution in [0.15, 0.2) is 71.3 Å². The van der Waals surface area contributed by atoms with Gasteiger partial charge in [-0.2, -0.15) is 0 Å². The molecule has 0 saturated heterocycles. The molecule has 0 atom stereocenters. The van der Waals surface area contributed by atoms with Gasteiger partial charge in [-0.3, -0.25) is 4.79 Å². The molecule has 0 N–H and O–H groups in total. The van der Waals surface area contributed by atoms with Crippen LogP contribution in [0.1, 0.15) is 27.2 Å². The van der Waals surface area contributed by atoms with E-state index in [0.29, 0.717) is 34.3 Å². The van der Waals surface area contributed by atoms with Crippen molar-refractivity contribution in [1.29, 1.82) is 0 Å². The maximum Gasteiger partial charge on any atom is 0.178 e. The van der Waals surface area contributed by atoms with Crippen molar-refractivity contribution in [2.24, 2.45) is 0 Å². The van der Waals surface area contributed by atoms with Crippen molar-refractivity contribution in [2.75, 3.05) is 0 Å². The van der Waals surface area contributed by atoms with Gasteiger partial charge in [-0.1, -0.05) is 65.3 Å². The van der Waals surface area contributed by atoms with E-state index in [-0.39, 0.29) is 0 Å². The Morgan fingerprint density at radius 2 is 1.83 bits per heavy atom. The summed E-state index contributed by atoms with van der Waals surface area (Å²) in [6.45, 7) is 4.22. The van der Waals surface area contributed by atoms with E-state index in [4.69, 9.17) is 20.9 Å². The number of aldehydes is 1. The number of rotatable bonds is 6. The number of carbonyl (C=O) groups is 1. The summed E-state index contributed by atoms with van der Waals surface area (Å²) >= 11 is 6.44. The Labute approximate surface area is 180 Å². The predicted octanol–water partition coefficient (Wildman–Crippen LogP) is 6.67. The van der Waals surface area contributed by atoms with Gasteiger partial charge in [0.15, 0.2) is 5.76 Å². The third-order valence-electron chi connectivity index (χ3n) is 4.92. The number of aryl methyl sites for hydroxylation is 2. The molecule has 4 aromatic rings. The van der Waals surface area contributed by atoms with Gasteiger partial charge in [0.2, 0.25) is 0 Å². The highest BCUT2D eigenvalue weighted by atomic mass is 35.5. The second-order valence-corrected chi connectivity index (χ2v) is 7.49. The zero-order chi connectivity index (χ0) is 21.1. The maximum atomic E-state index is 11.2. The smallest absolute Gasteiger partial charge is 0.178 e. The Kier molecular flexibility index (Phi) is 5.68. The molecule has 0 spiro atoms. The van der Waals surface area contributed by atoms with Gasteiger partial charge in [0.05, 0.1) is 16.8 Å². The van der Waals surface area contributed by atoms with Crippen molar-refractivity contribution in [3.05, 3.63) is 94.1 Å². The van der Waals surface area contributed by atoms with Gasteiger partial charge in [0.1, 0.15) is 18.6 Å². The highest BCUT2D eigenvalue weighted by molar-refractivity contribution is 6.31. The van der Waals surface area contributed by atoms with Gasteiger partial charge < -0.3 is 9.26 Å². The standard InChI is InChI=1S/C25H20ClNO3/c1-16-11-23(29-15-18-7-4-3-5-8-18)21(13-22(16)26)25-24(17(2)27-30-25)20-10-6-9-19(12-20)14-28/h3-14H,15H2,1-2H3.